The highest BCUT2D eigenvalue weighted by molar-refractivity contribution is 6.30. The summed E-state index contributed by atoms with van der Waals surface area (Å²) in [7, 11) is 0. The average molecular weight is 580 g/mol. The molecule has 2 aliphatic heterocycles. The van der Waals surface area contributed by atoms with Crippen LogP contribution in [0.15, 0.2) is 65.4 Å². The van der Waals surface area contributed by atoms with E-state index in [2.05, 4.69) is 84.6 Å². The standard InChI is InChI=1S/C25H29ClN2.C7H15N3O.C2H6/c1-5-18-7-6-8-19(10-9-18)22-16-28-23(15-24(2,3)4)25(22,17-27)20-11-13-21(26)14-12-20;11-7-9-3-6-10-4-1-8-2-5-10;1-2/h6-9,11-14,22-23,28H,5,15-16H2,1-4H3;7-8H,1-6H2,(H,9,11);1-2H3/t22?,23?,25-;;/m1../s1. The summed E-state index contributed by atoms with van der Waals surface area (Å²) in [6, 6.07) is 10.6. The molecule has 3 aliphatic rings. The predicted molar refractivity (Wildman–Crippen MR) is 172 cm³/mol. The van der Waals surface area contributed by atoms with E-state index in [9.17, 15) is 10.1 Å². The zero-order chi connectivity index (χ0) is 30.3. The van der Waals surface area contributed by atoms with Crippen LogP contribution in [-0.2, 0) is 10.2 Å². The third-order valence-electron chi connectivity index (χ3n) is 7.65. The number of carbonyl (C=O) groups is 1. The lowest BCUT2D eigenvalue weighted by Crippen LogP contribution is -2.45. The first-order chi connectivity index (χ1) is 19.7. The largest absolute Gasteiger partial charge is 0.357 e. The Bertz CT molecular complexity index is 1120. The summed E-state index contributed by atoms with van der Waals surface area (Å²) in [4.78, 5) is 12.2. The number of benzene rings is 1. The van der Waals surface area contributed by atoms with Gasteiger partial charge in [-0.05, 0) is 47.6 Å². The molecule has 1 aliphatic carbocycles. The summed E-state index contributed by atoms with van der Waals surface area (Å²) >= 11 is 6.15. The van der Waals surface area contributed by atoms with Gasteiger partial charge in [-0.2, -0.15) is 5.26 Å². The quantitative estimate of drug-likeness (QED) is 0.207. The van der Waals surface area contributed by atoms with Gasteiger partial charge < -0.3 is 16.0 Å². The van der Waals surface area contributed by atoms with Crippen molar-refractivity contribution in [1.82, 2.24) is 20.9 Å². The Morgan fingerprint density at radius 1 is 1.22 bits per heavy atom. The number of piperazine rings is 1. The van der Waals surface area contributed by atoms with Gasteiger partial charge in [-0.25, -0.2) is 0 Å². The zero-order valence-electron chi connectivity index (χ0n) is 25.9. The van der Waals surface area contributed by atoms with Crippen LogP contribution in [0.3, 0.4) is 0 Å². The molecule has 2 fully saturated rings. The van der Waals surface area contributed by atoms with Gasteiger partial charge >= 0.3 is 0 Å². The second-order valence-corrected chi connectivity index (χ2v) is 12.1. The molecule has 3 N–H and O–H groups in total. The fourth-order valence-electron chi connectivity index (χ4n) is 5.57. The van der Waals surface area contributed by atoms with Crippen molar-refractivity contribution in [1.29, 1.82) is 5.26 Å². The van der Waals surface area contributed by atoms with E-state index in [0.29, 0.717) is 5.02 Å². The van der Waals surface area contributed by atoms with Crippen LogP contribution in [0, 0.1) is 22.7 Å². The summed E-state index contributed by atoms with van der Waals surface area (Å²) in [5.41, 5.74) is 6.31. The van der Waals surface area contributed by atoms with E-state index < -0.39 is 5.41 Å². The monoisotopic (exact) mass is 579 g/mol. The number of hydrogen-bond acceptors (Lipinski definition) is 5. The Hall–Kier alpha value is -2.65. The van der Waals surface area contributed by atoms with E-state index in [0.717, 1.165) is 76.2 Å². The second kappa shape index (κ2) is 17.3. The topological polar surface area (TPSA) is 80.2 Å². The molecule has 2 unspecified atom stereocenters. The number of carbonyl (C=O) groups excluding carboxylic acids is 1. The smallest absolute Gasteiger partial charge is 0.207 e. The van der Waals surface area contributed by atoms with Crippen LogP contribution in [-0.4, -0.2) is 63.2 Å². The van der Waals surface area contributed by atoms with Gasteiger partial charge in [0.05, 0.1) is 6.07 Å². The van der Waals surface area contributed by atoms with Crippen molar-refractivity contribution < 1.29 is 4.79 Å². The van der Waals surface area contributed by atoms with Crippen LogP contribution in [0.5, 0.6) is 0 Å². The first-order valence-electron chi connectivity index (χ1n) is 15.1. The van der Waals surface area contributed by atoms with Crippen molar-refractivity contribution in [3.63, 3.8) is 0 Å². The molecule has 4 rings (SSSR count). The minimum atomic E-state index is -0.658. The highest BCUT2D eigenvalue weighted by atomic mass is 35.5. The van der Waals surface area contributed by atoms with E-state index in [-0.39, 0.29) is 17.4 Å². The summed E-state index contributed by atoms with van der Waals surface area (Å²) in [6.07, 6.45) is 11.0. The molecule has 1 amide bonds. The van der Waals surface area contributed by atoms with Crippen LogP contribution >= 0.6 is 11.6 Å². The number of halogens is 1. The lowest BCUT2D eigenvalue weighted by Gasteiger charge is -2.37. The zero-order valence-corrected chi connectivity index (χ0v) is 26.7. The van der Waals surface area contributed by atoms with E-state index in [1.54, 1.807) is 0 Å². The number of nitrogens with one attached hydrogen (secondary N) is 3. The summed E-state index contributed by atoms with van der Waals surface area (Å²) < 4.78 is 0. The van der Waals surface area contributed by atoms with Crippen molar-refractivity contribution in [3.05, 3.63) is 76.0 Å². The van der Waals surface area contributed by atoms with Crippen LogP contribution in [0.2, 0.25) is 5.02 Å². The van der Waals surface area contributed by atoms with Crippen molar-refractivity contribution in [2.45, 2.75) is 65.8 Å². The summed E-state index contributed by atoms with van der Waals surface area (Å²) in [5.74, 6) is 0.0307. The number of nitriles is 1. The number of nitrogens with zero attached hydrogens (tertiary/aromatic N) is 2. The van der Waals surface area contributed by atoms with E-state index in [4.69, 9.17) is 11.6 Å². The van der Waals surface area contributed by atoms with Gasteiger partial charge in [0.1, 0.15) is 5.41 Å². The van der Waals surface area contributed by atoms with Gasteiger partial charge in [-0.1, -0.05) is 83.5 Å². The fraction of sp³-hybridized carbons (Fsp3) is 0.559. The predicted octanol–water partition coefficient (Wildman–Crippen LogP) is 5.78. The third-order valence-corrected chi connectivity index (χ3v) is 7.90. The maximum Gasteiger partial charge on any atom is 0.207 e. The lowest BCUT2D eigenvalue weighted by molar-refractivity contribution is -0.109. The highest BCUT2D eigenvalue weighted by Crippen LogP contribution is 2.47. The Kier molecular flexibility index (Phi) is 14.6. The Balaban J connectivity index is 0.000000378. The minimum absolute atomic E-state index is 0.0307. The molecule has 0 aromatic heterocycles. The number of allylic oxidation sites excluding steroid dienone is 4. The van der Waals surface area contributed by atoms with Gasteiger partial charge in [0, 0.05) is 68.4 Å². The molecule has 2 saturated heterocycles. The molecule has 0 spiro atoms. The molecular weight excluding hydrogens is 530 g/mol. The number of amides is 1. The number of rotatable bonds is 8. The molecule has 7 heteroatoms. The Morgan fingerprint density at radius 2 is 1.90 bits per heavy atom. The van der Waals surface area contributed by atoms with Gasteiger partial charge in [-0.15, -0.1) is 5.73 Å². The van der Waals surface area contributed by atoms with Gasteiger partial charge in [-0.3, -0.25) is 9.69 Å². The van der Waals surface area contributed by atoms with Crippen molar-refractivity contribution in [2.24, 2.45) is 11.3 Å². The molecule has 1 aromatic carbocycles. The second-order valence-electron chi connectivity index (χ2n) is 11.6. The minimum Gasteiger partial charge on any atom is -0.357 e. The molecule has 0 radical (unpaired) electrons. The molecular formula is C34H50ClN5O. The maximum atomic E-state index is 10.6. The van der Waals surface area contributed by atoms with E-state index >= 15 is 0 Å². The lowest BCUT2D eigenvalue weighted by atomic mass is 9.64. The van der Waals surface area contributed by atoms with Crippen LogP contribution in [0.1, 0.15) is 59.9 Å². The highest BCUT2D eigenvalue weighted by Gasteiger charge is 2.53. The molecule has 1 aromatic rings. The van der Waals surface area contributed by atoms with Crippen molar-refractivity contribution >= 4 is 18.0 Å². The maximum absolute atomic E-state index is 10.6. The molecule has 6 nitrogen and oxygen atoms in total. The van der Waals surface area contributed by atoms with Crippen molar-refractivity contribution in [3.8, 4) is 6.07 Å². The average Bonchev–Trinajstić information content (AvgIpc) is 3.15. The molecule has 224 valence electrons. The normalized spacial score (nSPS) is 24.0. The first kappa shape index (κ1) is 34.6. The van der Waals surface area contributed by atoms with Gasteiger partial charge in [0.15, 0.2) is 0 Å². The van der Waals surface area contributed by atoms with Gasteiger partial charge in [0.2, 0.25) is 6.41 Å². The van der Waals surface area contributed by atoms with Crippen molar-refractivity contribution in [2.75, 3.05) is 45.8 Å². The molecule has 0 saturated carbocycles. The molecule has 2 heterocycles. The van der Waals surface area contributed by atoms with Crippen LogP contribution in [0.4, 0.5) is 0 Å². The fourth-order valence-corrected chi connectivity index (χ4v) is 5.70. The van der Waals surface area contributed by atoms with Crippen LogP contribution in [0.25, 0.3) is 0 Å². The molecule has 0 bridgehead atoms. The number of hydrogen-bond donors (Lipinski definition) is 3. The third kappa shape index (κ3) is 9.99. The first-order valence-corrected chi connectivity index (χ1v) is 15.5. The molecule has 3 atom stereocenters. The molecule has 41 heavy (non-hydrogen) atoms. The van der Waals surface area contributed by atoms with E-state index in [1.165, 1.54) is 5.57 Å². The van der Waals surface area contributed by atoms with Crippen LogP contribution < -0.4 is 16.0 Å². The summed E-state index contributed by atoms with van der Waals surface area (Å²) in [6.45, 7) is 19.7. The summed E-state index contributed by atoms with van der Waals surface area (Å²) in [5, 5.41) is 20.9. The Labute approximate surface area is 253 Å². The Morgan fingerprint density at radius 3 is 2.49 bits per heavy atom. The SMILES string of the molecule is CC.CCC1=CC=CC(C2CNC(CC(C)(C)C)[C@]2(C#N)c2ccc(Cl)cc2)=C=C1.O=CNCCN1CCNCC1. The van der Waals surface area contributed by atoms with Gasteiger partial charge in [0.25, 0.3) is 0 Å². The van der Waals surface area contributed by atoms with E-state index in [1.807, 2.05) is 38.1 Å².